The summed E-state index contributed by atoms with van der Waals surface area (Å²) in [6.07, 6.45) is 11.2. The second kappa shape index (κ2) is 11.5. The first-order valence-electron chi connectivity index (χ1n) is 10.5. The van der Waals surface area contributed by atoms with Crippen LogP contribution in [0.3, 0.4) is 0 Å². The Hall–Kier alpha value is -1.55. The molecule has 0 bridgehead atoms. The van der Waals surface area contributed by atoms with E-state index < -0.39 is 5.60 Å². The lowest BCUT2D eigenvalue weighted by molar-refractivity contribution is -0.125. The summed E-state index contributed by atoms with van der Waals surface area (Å²) in [6.45, 7) is 10.1. The number of carbonyl (C=O) groups is 1. The molecule has 2 atom stereocenters. The third kappa shape index (κ3) is 8.22. The fraction of sp³-hybridized carbons (Fsp3) is 0.708. The predicted octanol–water partition coefficient (Wildman–Crippen LogP) is 5.72. The molecule has 0 aromatic carbocycles. The second-order valence-corrected chi connectivity index (χ2v) is 8.82. The van der Waals surface area contributed by atoms with E-state index in [-0.39, 0.29) is 17.6 Å². The molecule has 0 heterocycles. The molecule has 1 aliphatic carbocycles. The number of hydrogen-bond acceptors (Lipinski definition) is 4. The van der Waals surface area contributed by atoms with E-state index >= 15 is 0 Å². The van der Waals surface area contributed by atoms with E-state index in [9.17, 15) is 9.90 Å². The molecule has 0 aliphatic heterocycles. The van der Waals surface area contributed by atoms with Crippen LogP contribution in [0.15, 0.2) is 34.8 Å². The Morgan fingerprint density at radius 2 is 1.79 bits per heavy atom. The summed E-state index contributed by atoms with van der Waals surface area (Å²) < 4.78 is 10.6. The molecule has 28 heavy (non-hydrogen) atoms. The van der Waals surface area contributed by atoms with E-state index in [0.29, 0.717) is 11.5 Å². The Balaban J connectivity index is 2.49. The van der Waals surface area contributed by atoms with Crippen molar-refractivity contribution in [2.75, 3.05) is 14.2 Å². The van der Waals surface area contributed by atoms with Crippen molar-refractivity contribution in [1.82, 2.24) is 0 Å². The number of hydrogen-bond donors (Lipinski definition) is 1. The summed E-state index contributed by atoms with van der Waals surface area (Å²) in [4.78, 5) is 12.5. The predicted molar refractivity (Wildman–Crippen MR) is 115 cm³/mol. The molecule has 1 rings (SSSR count). The molecular formula is C24H40O4. The number of allylic oxidation sites excluding steroid dienone is 6. The first kappa shape index (κ1) is 24.5. The number of ketones is 1. The van der Waals surface area contributed by atoms with Gasteiger partial charge in [-0.3, -0.25) is 4.79 Å². The van der Waals surface area contributed by atoms with Crippen LogP contribution in [0.5, 0.6) is 0 Å². The highest BCUT2D eigenvalue weighted by molar-refractivity contribution is 5.96. The summed E-state index contributed by atoms with van der Waals surface area (Å²) >= 11 is 0. The van der Waals surface area contributed by atoms with Gasteiger partial charge in [0.25, 0.3) is 0 Å². The van der Waals surface area contributed by atoms with E-state index in [4.69, 9.17) is 9.47 Å². The molecule has 4 heteroatoms. The summed E-state index contributed by atoms with van der Waals surface area (Å²) in [6, 6.07) is 0. The van der Waals surface area contributed by atoms with E-state index in [0.717, 1.165) is 44.9 Å². The SMILES string of the molecule is COC1=C(OC)C(=O)C(C)C(C/C=C(\C)CC/C=C(\C)CCCC(C)(C)O)C1. The fourth-order valence-corrected chi connectivity index (χ4v) is 3.65. The van der Waals surface area contributed by atoms with Gasteiger partial charge in [0.05, 0.1) is 19.8 Å². The maximum absolute atomic E-state index is 12.5. The maximum atomic E-state index is 12.5. The van der Waals surface area contributed by atoms with Gasteiger partial charge in [0.15, 0.2) is 5.76 Å². The van der Waals surface area contributed by atoms with Crippen molar-refractivity contribution in [2.45, 2.75) is 85.2 Å². The Morgan fingerprint density at radius 1 is 1.14 bits per heavy atom. The minimum absolute atomic E-state index is 0.0455. The van der Waals surface area contributed by atoms with Crippen LogP contribution in [0.25, 0.3) is 0 Å². The molecule has 0 saturated heterocycles. The van der Waals surface area contributed by atoms with Crippen molar-refractivity contribution in [2.24, 2.45) is 11.8 Å². The molecule has 1 aliphatic rings. The third-order valence-corrected chi connectivity index (χ3v) is 5.66. The van der Waals surface area contributed by atoms with Crippen LogP contribution in [0.2, 0.25) is 0 Å². The summed E-state index contributed by atoms with van der Waals surface area (Å²) in [5, 5.41) is 9.78. The lowest BCUT2D eigenvalue weighted by Gasteiger charge is -2.29. The van der Waals surface area contributed by atoms with Crippen LogP contribution in [0, 0.1) is 11.8 Å². The average Bonchev–Trinajstić information content (AvgIpc) is 2.61. The van der Waals surface area contributed by atoms with Gasteiger partial charge in [0.2, 0.25) is 5.78 Å². The molecule has 0 saturated carbocycles. The molecular weight excluding hydrogens is 352 g/mol. The van der Waals surface area contributed by atoms with Gasteiger partial charge in [-0.15, -0.1) is 0 Å². The summed E-state index contributed by atoms with van der Waals surface area (Å²) in [7, 11) is 3.13. The fourth-order valence-electron chi connectivity index (χ4n) is 3.65. The minimum atomic E-state index is -0.570. The first-order valence-corrected chi connectivity index (χ1v) is 10.5. The lowest BCUT2D eigenvalue weighted by Crippen LogP contribution is -2.30. The number of ether oxygens (including phenoxy) is 2. The monoisotopic (exact) mass is 392 g/mol. The average molecular weight is 393 g/mol. The third-order valence-electron chi connectivity index (χ3n) is 5.66. The molecule has 2 unspecified atom stereocenters. The largest absolute Gasteiger partial charge is 0.497 e. The van der Waals surface area contributed by atoms with Crippen molar-refractivity contribution in [3.63, 3.8) is 0 Å². The zero-order chi connectivity index (χ0) is 21.3. The highest BCUT2D eigenvalue weighted by Gasteiger charge is 2.35. The van der Waals surface area contributed by atoms with E-state index in [2.05, 4.69) is 26.0 Å². The number of rotatable bonds is 11. The molecule has 4 nitrogen and oxygen atoms in total. The van der Waals surface area contributed by atoms with E-state index in [1.54, 1.807) is 7.11 Å². The Morgan fingerprint density at radius 3 is 2.36 bits per heavy atom. The van der Waals surface area contributed by atoms with Crippen LogP contribution < -0.4 is 0 Å². The Labute approximate surface area is 171 Å². The van der Waals surface area contributed by atoms with Crippen LogP contribution in [-0.4, -0.2) is 30.7 Å². The number of Topliss-reactive ketones (excluding diaryl/α,β-unsaturated/α-hetero) is 1. The van der Waals surface area contributed by atoms with Crippen LogP contribution in [-0.2, 0) is 14.3 Å². The van der Waals surface area contributed by atoms with Gasteiger partial charge in [-0.25, -0.2) is 0 Å². The summed E-state index contributed by atoms with van der Waals surface area (Å²) in [5.41, 5.74) is 2.19. The Kier molecular flexibility index (Phi) is 10.0. The number of carbonyl (C=O) groups excluding carboxylic acids is 1. The second-order valence-electron chi connectivity index (χ2n) is 8.82. The van der Waals surface area contributed by atoms with Gasteiger partial charge < -0.3 is 14.6 Å². The van der Waals surface area contributed by atoms with Gasteiger partial charge in [-0.05, 0) is 72.1 Å². The molecule has 0 aromatic rings. The zero-order valence-corrected chi connectivity index (χ0v) is 18.9. The highest BCUT2D eigenvalue weighted by atomic mass is 16.5. The quantitative estimate of drug-likeness (QED) is 0.457. The smallest absolute Gasteiger partial charge is 0.203 e. The molecule has 0 aromatic heterocycles. The van der Waals surface area contributed by atoms with Crippen LogP contribution in [0.1, 0.15) is 79.6 Å². The van der Waals surface area contributed by atoms with Crippen LogP contribution >= 0.6 is 0 Å². The first-order chi connectivity index (χ1) is 13.1. The van der Waals surface area contributed by atoms with Crippen molar-refractivity contribution in [1.29, 1.82) is 0 Å². The van der Waals surface area contributed by atoms with Gasteiger partial charge >= 0.3 is 0 Å². The maximum Gasteiger partial charge on any atom is 0.203 e. The minimum Gasteiger partial charge on any atom is -0.497 e. The molecule has 0 amide bonds. The molecule has 1 N–H and O–H groups in total. The molecule has 0 spiro atoms. The lowest BCUT2D eigenvalue weighted by atomic mass is 9.79. The normalized spacial score (nSPS) is 21.9. The van der Waals surface area contributed by atoms with Gasteiger partial charge in [-0.2, -0.15) is 0 Å². The van der Waals surface area contributed by atoms with Crippen molar-refractivity contribution >= 4 is 5.78 Å². The van der Waals surface area contributed by atoms with Crippen LogP contribution in [0.4, 0.5) is 0 Å². The summed E-state index contributed by atoms with van der Waals surface area (Å²) in [5.74, 6) is 1.32. The van der Waals surface area contributed by atoms with Gasteiger partial charge in [0, 0.05) is 12.3 Å². The Bertz CT molecular complexity index is 605. The van der Waals surface area contributed by atoms with E-state index in [1.807, 2.05) is 20.8 Å². The number of aliphatic hydroxyl groups is 1. The van der Waals surface area contributed by atoms with Gasteiger partial charge in [0.1, 0.15) is 5.76 Å². The molecule has 0 radical (unpaired) electrons. The molecule has 0 fully saturated rings. The van der Waals surface area contributed by atoms with Crippen molar-refractivity contribution in [3.8, 4) is 0 Å². The van der Waals surface area contributed by atoms with E-state index in [1.165, 1.54) is 18.3 Å². The number of methoxy groups -OCH3 is 2. The zero-order valence-electron chi connectivity index (χ0n) is 18.9. The molecule has 160 valence electrons. The van der Waals surface area contributed by atoms with Crippen molar-refractivity contribution in [3.05, 3.63) is 34.8 Å². The topological polar surface area (TPSA) is 55.8 Å². The standard InChI is InChI=1S/C24H40O4/c1-17(12-9-15-24(4,5)26)10-8-11-18(2)13-14-20-16-21(27-6)23(28-7)22(25)19(20)3/h10,13,19-20,26H,8-9,11-12,14-16H2,1-7H3/b17-10+,18-13+. The van der Waals surface area contributed by atoms with Crippen molar-refractivity contribution < 1.29 is 19.4 Å². The highest BCUT2D eigenvalue weighted by Crippen LogP contribution is 2.35. The van der Waals surface area contributed by atoms with Gasteiger partial charge in [-0.1, -0.05) is 30.2 Å².